The van der Waals surface area contributed by atoms with Crippen molar-refractivity contribution in [2.75, 3.05) is 0 Å². The van der Waals surface area contributed by atoms with Crippen LogP contribution in [0.5, 0.6) is 0 Å². The molecule has 0 fully saturated rings. The van der Waals surface area contributed by atoms with E-state index in [-0.39, 0.29) is 22.8 Å². The van der Waals surface area contributed by atoms with Crippen molar-refractivity contribution in [3.05, 3.63) is 63.4 Å². The molecule has 0 N–H and O–H groups in total. The van der Waals surface area contributed by atoms with Gasteiger partial charge in [0, 0.05) is 0 Å². The minimum Gasteiger partial charge on any atom is -0.875 e. The van der Waals surface area contributed by atoms with Crippen molar-refractivity contribution in [3.8, 4) is 0 Å². The summed E-state index contributed by atoms with van der Waals surface area (Å²) in [6, 6.07) is 7.98. The average Bonchev–Trinajstić information content (AvgIpc) is 2.97. The molecule has 0 bridgehead atoms. The number of rotatable bonds is 2. The molecule has 0 aliphatic heterocycles. The second-order valence-corrected chi connectivity index (χ2v) is 5.08. The van der Waals surface area contributed by atoms with Gasteiger partial charge in [0.2, 0.25) is 0 Å². The molecule has 1 aliphatic rings. The van der Waals surface area contributed by atoms with Gasteiger partial charge < -0.3 is 5.11 Å². The van der Waals surface area contributed by atoms with Crippen LogP contribution in [0.3, 0.4) is 0 Å². The second-order valence-electron chi connectivity index (χ2n) is 4.17. The Labute approximate surface area is 135 Å². The van der Waals surface area contributed by atoms with Crippen LogP contribution >= 0.6 is 15.9 Å². The van der Waals surface area contributed by atoms with E-state index < -0.39 is 0 Å². The minimum absolute atomic E-state index is 0. The predicted octanol–water partition coefficient (Wildman–Crippen LogP) is 4.47. The van der Waals surface area contributed by atoms with Gasteiger partial charge in [-0.3, -0.25) is 0 Å². The SMILES string of the molecule is Brc1ccc[cH-]1.CCC1=CC(=C(C)[O-])C(CC)=C1.[Fe+2]. The first kappa shape index (κ1) is 18.4. The van der Waals surface area contributed by atoms with Gasteiger partial charge in [0.25, 0.3) is 0 Å². The van der Waals surface area contributed by atoms with Gasteiger partial charge in [-0.25, -0.2) is 6.07 Å². The molecule has 19 heavy (non-hydrogen) atoms. The summed E-state index contributed by atoms with van der Waals surface area (Å²) < 4.78 is 1.16. The van der Waals surface area contributed by atoms with Crippen molar-refractivity contribution in [1.82, 2.24) is 0 Å². The smallest absolute Gasteiger partial charge is 0.875 e. The average molecular weight is 363 g/mol. The molecule has 2 rings (SSSR count). The molecular formula is C16H19BrFeO. The van der Waals surface area contributed by atoms with Crippen LogP contribution in [-0.2, 0) is 17.1 Å². The van der Waals surface area contributed by atoms with Crippen LogP contribution in [0.4, 0.5) is 0 Å². The van der Waals surface area contributed by atoms with E-state index in [1.807, 2.05) is 30.3 Å². The fourth-order valence-electron chi connectivity index (χ4n) is 1.80. The minimum atomic E-state index is 0. The van der Waals surface area contributed by atoms with E-state index in [9.17, 15) is 5.11 Å². The summed E-state index contributed by atoms with van der Waals surface area (Å²) in [6.45, 7) is 5.83. The maximum absolute atomic E-state index is 11.2. The molecule has 3 heteroatoms. The van der Waals surface area contributed by atoms with Crippen LogP contribution in [0.15, 0.2) is 63.4 Å². The van der Waals surface area contributed by atoms with E-state index >= 15 is 0 Å². The second kappa shape index (κ2) is 9.30. The molecule has 0 saturated heterocycles. The molecule has 104 valence electrons. The van der Waals surface area contributed by atoms with Crippen molar-refractivity contribution >= 4 is 15.9 Å². The maximum atomic E-state index is 11.2. The first-order valence-corrected chi connectivity index (χ1v) is 7.04. The van der Waals surface area contributed by atoms with E-state index in [4.69, 9.17) is 0 Å². The Balaban J connectivity index is 0.000000392. The zero-order chi connectivity index (χ0) is 13.5. The van der Waals surface area contributed by atoms with Crippen molar-refractivity contribution in [2.45, 2.75) is 33.6 Å². The Bertz CT molecular complexity index is 463. The fourth-order valence-corrected chi connectivity index (χ4v) is 2.10. The zero-order valence-electron chi connectivity index (χ0n) is 11.5. The molecule has 1 nitrogen and oxygen atoms in total. The Hall–Kier alpha value is -0.631. The molecule has 0 heterocycles. The van der Waals surface area contributed by atoms with Gasteiger partial charge in [0.15, 0.2) is 0 Å². The van der Waals surface area contributed by atoms with Gasteiger partial charge in [-0.15, -0.1) is 10.2 Å². The molecule has 0 unspecified atom stereocenters. The van der Waals surface area contributed by atoms with Gasteiger partial charge in [0.05, 0.1) is 0 Å². The molecule has 1 aromatic carbocycles. The van der Waals surface area contributed by atoms with Crippen LogP contribution in [-0.4, -0.2) is 0 Å². The van der Waals surface area contributed by atoms with E-state index in [1.54, 1.807) is 6.92 Å². The summed E-state index contributed by atoms with van der Waals surface area (Å²) in [7, 11) is 0. The summed E-state index contributed by atoms with van der Waals surface area (Å²) >= 11 is 3.28. The van der Waals surface area contributed by atoms with Gasteiger partial charge in [0.1, 0.15) is 0 Å². The molecule has 0 aromatic heterocycles. The standard InChI is InChI=1S/C11H16O.C5H4Br.Fe/c1-4-9-6-10(5-2)11(7-9)8(3)12;6-5-3-1-2-4-5;/h6-7,12H,4-5H2,1-3H3;1-4H;/q;-1;+2/p-1. The maximum Gasteiger partial charge on any atom is 2.00 e. The quantitative estimate of drug-likeness (QED) is 0.432. The molecule has 1 aromatic rings. The number of hydrogen-bond acceptors (Lipinski definition) is 1. The molecule has 0 atom stereocenters. The van der Waals surface area contributed by atoms with Gasteiger partial charge >= 0.3 is 17.1 Å². The Morgan fingerprint density at radius 2 is 1.95 bits per heavy atom. The monoisotopic (exact) mass is 362 g/mol. The van der Waals surface area contributed by atoms with Crippen LogP contribution in [0.1, 0.15) is 33.6 Å². The predicted molar refractivity (Wildman–Crippen MR) is 79.2 cm³/mol. The molecule has 1 aliphatic carbocycles. The third-order valence-corrected chi connectivity index (χ3v) is 3.35. The molecular weight excluding hydrogens is 344 g/mol. The molecule has 0 amide bonds. The largest absolute Gasteiger partial charge is 2.00 e. The van der Waals surface area contributed by atoms with E-state index in [2.05, 4.69) is 35.9 Å². The zero-order valence-corrected chi connectivity index (χ0v) is 14.2. The van der Waals surface area contributed by atoms with Crippen LogP contribution in [0.2, 0.25) is 0 Å². The number of allylic oxidation sites excluding steroid dienone is 6. The summed E-state index contributed by atoms with van der Waals surface area (Å²) in [6.07, 6.45) is 6.12. The van der Waals surface area contributed by atoms with Crippen molar-refractivity contribution in [3.63, 3.8) is 0 Å². The topological polar surface area (TPSA) is 23.1 Å². The molecule has 0 saturated carbocycles. The van der Waals surface area contributed by atoms with Crippen molar-refractivity contribution < 1.29 is 22.2 Å². The van der Waals surface area contributed by atoms with Crippen LogP contribution in [0.25, 0.3) is 0 Å². The summed E-state index contributed by atoms with van der Waals surface area (Å²) in [4.78, 5) is 0. The third-order valence-electron chi connectivity index (χ3n) is 2.83. The summed E-state index contributed by atoms with van der Waals surface area (Å²) in [5, 5.41) is 11.2. The fraction of sp³-hybridized carbons (Fsp3) is 0.312. The Kier molecular flexibility index (Phi) is 8.99. The van der Waals surface area contributed by atoms with Crippen LogP contribution in [0, 0.1) is 0 Å². The number of halogens is 1. The van der Waals surface area contributed by atoms with E-state index in [0.717, 1.165) is 22.9 Å². The number of hydrogen-bond donors (Lipinski definition) is 0. The molecule has 0 radical (unpaired) electrons. The Morgan fingerprint density at radius 1 is 1.26 bits per heavy atom. The summed E-state index contributed by atoms with van der Waals surface area (Å²) in [5.74, 6) is 0.187. The first-order valence-electron chi connectivity index (χ1n) is 6.25. The molecule has 0 spiro atoms. The van der Waals surface area contributed by atoms with Crippen molar-refractivity contribution in [1.29, 1.82) is 0 Å². The first-order chi connectivity index (χ1) is 8.58. The third kappa shape index (κ3) is 5.90. The van der Waals surface area contributed by atoms with E-state index in [0.29, 0.717) is 0 Å². The van der Waals surface area contributed by atoms with Gasteiger partial charge in [-0.05, 0) is 29.6 Å². The van der Waals surface area contributed by atoms with E-state index in [1.165, 1.54) is 11.1 Å². The summed E-state index contributed by atoms with van der Waals surface area (Å²) in [5.41, 5.74) is 3.38. The van der Waals surface area contributed by atoms with Gasteiger partial charge in [-0.1, -0.05) is 48.9 Å². The Morgan fingerprint density at radius 3 is 2.21 bits per heavy atom. The van der Waals surface area contributed by atoms with Gasteiger partial charge in [-0.2, -0.15) is 18.2 Å². The van der Waals surface area contributed by atoms with Crippen LogP contribution < -0.4 is 5.11 Å². The normalized spacial score (nSPS) is 15.8. The van der Waals surface area contributed by atoms with Crippen molar-refractivity contribution in [2.24, 2.45) is 0 Å².